The Morgan fingerprint density at radius 2 is 2.54 bits per heavy atom. The van der Waals surface area contributed by atoms with Crippen LogP contribution in [0.5, 0.6) is 0 Å². The number of rotatable bonds is 3. The maximum absolute atomic E-state index is 10.2. The summed E-state index contributed by atoms with van der Waals surface area (Å²) in [6.07, 6.45) is 0. The van der Waals surface area contributed by atoms with E-state index in [4.69, 9.17) is 5.11 Å². The van der Waals surface area contributed by atoms with Crippen LogP contribution >= 0.6 is 0 Å². The Morgan fingerprint density at radius 1 is 1.85 bits per heavy atom. The van der Waals surface area contributed by atoms with Crippen molar-refractivity contribution < 1.29 is 14.9 Å². The molecule has 0 amide bonds. The Morgan fingerprint density at radius 3 is 3.08 bits per heavy atom. The summed E-state index contributed by atoms with van der Waals surface area (Å²) in [5.41, 5.74) is -0.396. The lowest BCUT2D eigenvalue weighted by molar-refractivity contribution is -0.491. The van der Waals surface area contributed by atoms with Gasteiger partial charge in [-0.2, -0.15) is 5.21 Å². The first-order chi connectivity index (χ1) is 6.09. The minimum absolute atomic E-state index is 0.396. The van der Waals surface area contributed by atoms with Crippen molar-refractivity contribution in [1.29, 1.82) is 0 Å². The number of nitro groups is 1. The molecule has 1 aromatic rings. The van der Waals surface area contributed by atoms with Crippen molar-refractivity contribution in [1.82, 2.24) is 20.2 Å². The van der Waals surface area contributed by atoms with Gasteiger partial charge in [-0.3, -0.25) is 4.79 Å². The predicted molar refractivity (Wildman–Crippen MR) is 34.6 cm³/mol. The SMILES string of the molecule is O=C(O)Cn1[nH]nn/c1=N\[N+](=O)[O-]. The third-order valence-electron chi connectivity index (χ3n) is 1.01. The van der Waals surface area contributed by atoms with E-state index in [1.807, 2.05) is 0 Å². The van der Waals surface area contributed by atoms with E-state index in [0.717, 1.165) is 4.68 Å². The molecule has 0 spiro atoms. The molecule has 0 unspecified atom stereocenters. The van der Waals surface area contributed by atoms with E-state index in [9.17, 15) is 14.9 Å². The summed E-state index contributed by atoms with van der Waals surface area (Å²) in [5.74, 6) is -1.18. The number of aliphatic carboxylic acids is 1. The molecule has 0 radical (unpaired) electrons. The van der Waals surface area contributed by atoms with Crippen molar-refractivity contribution in [2.24, 2.45) is 5.10 Å². The maximum atomic E-state index is 10.2. The van der Waals surface area contributed by atoms with E-state index in [1.54, 1.807) is 0 Å². The summed E-state index contributed by atoms with van der Waals surface area (Å²) in [6, 6.07) is 0. The molecule has 0 saturated carbocycles. The van der Waals surface area contributed by atoms with Crippen molar-refractivity contribution in [2.75, 3.05) is 0 Å². The summed E-state index contributed by atoms with van der Waals surface area (Å²) in [4.78, 5) is 20.1. The molecule has 0 fully saturated rings. The number of aromatic amines is 1. The molecule has 0 aliphatic heterocycles. The van der Waals surface area contributed by atoms with Crippen molar-refractivity contribution in [2.45, 2.75) is 6.54 Å². The number of carboxylic acid groups (broad SMARTS) is 1. The van der Waals surface area contributed by atoms with E-state index in [0.29, 0.717) is 0 Å². The van der Waals surface area contributed by atoms with Gasteiger partial charge in [-0.1, -0.05) is 5.10 Å². The van der Waals surface area contributed by atoms with E-state index < -0.39 is 23.2 Å². The van der Waals surface area contributed by atoms with Gasteiger partial charge >= 0.3 is 11.6 Å². The van der Waals surface area contributed by atoms with Gasteiger partial charge in [0.05, 0.1) is 0 Å². The first-order valence-corrected chi connectivity index (χ1v) is 2.98. The molecule has 1 aromatic heterocycles. The van der Waals surface area contributed by atoms with Crippen LogP contribution in [0.2, 0.25) is 0 Å². The number of hydrogen-bond acceptors (Lipinski definition) is 5. The third kappa shape index (κ3) is 2.36. The molecule has 0 aliphatic carbocycles. The summed E-state index contributed by atoms with van der Waals surface area (Å²) >= 11 is 0. The van der Waals surface area contributed by atoms with Crippen molar-refractivity contribution in [3.63, 3.8) is 0 Å². The van der Waals surface area contributed by atoms with Gasteiger partial charge in [-0.25, -0.2) is 14.8 Å². The molecule has 0 bridgehead atoms. The predicted octanol–water partition coefficient (Wildman–Crippen LogP) is -2.22. The van der Waals surface area contributed by atoms with Gasteiger partial charge in [-0.05, 0) is 5.21 Å². The standard InChI is InChI=1S/C3H4N6O4/c10-2(11)1-8-3(4-6-7-8)5-9(12)13/h1H2,(H,10,11)(H,4,5,7). The molecule has 1 heterocycles. The summed E-state index contributed by atoms with van der Waals surface area (Å²) in [7, 11) is 0. The van der Waals surface area contributed by atoms with Gasteiger partial charge in [0.2, 0.25) is 0 Å². The van der Waals surface area contributed by atoms with Gasteiger partial charge in [0, 0.05) is 0 Å². The lowest BCUT2D eigenvalue weighted by Gasteiger charge is -1.91. The Hall–Kier alpha value is -2.26. The highest BCUT2D eigenvalue weighted by Crippen LogP contribution is 1.72. The molecule has 0 saturated heterocycles. The van der Waals surface area contributed by atoms with Crippen LogP contribution in [-0.4, -0.2) is 36.3 Å². The van der Waals surface area contributed by atoms with Crippen LogP contribution in [0.25, 0.3) is 0 Å². The first kappa shape index (κ1) is 8.83. The molecule has 70 valence electrons. The molecule has 13 heavy (non-hydrogen) atoms. The molecular weight excluding hydrogens is 184 g/mol. The maximum Gasteiger partial charge on any atom is 0.338 e. The average molecular weight is 188 g/mol. The fourth-order valence-electron chi connectivity index (χ4n) is 0.608. The second-order valence-electron chi connectivity index (χ2n) is 1.92. The van der Waals surface area contributed by atoms with Crippen LogP contribution < -0.4 is 5.62 Å². The zero-order valence-corrected chi connectivity index (χ0v) is 6.12. The highest BCUT2D eigenvalue weighted by Gasteiger charge is 2.05. The Labute approximate surface area is 69.6 Å². The second-order valence-corrected chi connectivity index (χ2v) is 1.92. The van der Waals surface area contributed by atoms with Gasteiger partial charge in [0.1, 0.15) is 11.6 Å². The number of hydrogen-bond donors (Lipinski definition) is 2. The number of H-pyrrole nitrogens is 1. The smallest absolute Gasteiger partial charge is 0.338 e. The lowest BCUT2D eigenvalue weighted by Crippen LogP contribution is -2.25. The normalized spacial score (nSPS) is 11.5. The minimum Gasteiger partial charge on any atom is -0.480 e. The van der Waals surface area contributed by atoms with Crippen molar-refractivity contribution in [3.8, 4) is 0 Å². The fraction of sp³-hybridized carbons (Fsp3) is 0.333. The van der Waals surface area contributed by atoms with Crippen LogP contribution in [0.1, 0.15) is 0 Å². The largest absolute Gasteiger partial charge is 0.480 e. The molecule has 2 N–H and O–H groups in total. The third-order valence-corrected chi connectivity index (χ3v) is 1.01. The molecule has 0 aromatic carbocycles. The number of nitrogens with zero attached hydrogens (tertiary/aromatic N) is 5. The molecular formula is C3H4N6O4. The van der Waals surface area contributed by atoms with Crippen LogP contribution in [0.15, 0.2) is 5.10 Å². The van der Waals surface area contributed by atoms with E-state index in [1.165, 1.54) is 0 Å². The molecule has 1 rings (SSSR count). The molecule has 0 aliphatic rings. The molecule has 0 atom stereocenters. The quantitative estimate of drug-likeness (QED) is 0.406. The van der Waals surface area contributed by atoms with Crippen LogP contribution in [0.3, 0.4) is 0 Å². The van der Waals surface area contributed by atoms with Crippen molar-refractivity contribution >= 4 is 5.97 Å². The van der Waals surface area contributed by atoms with Gasteiger partial charge in [0.15, 0.2) is 5.03 Å². The molecule has 10 nitrogen and oxygen atoms in total. The Bertz CT molecular complexity index is 389. The van der Waals surface area contributed by atoms with Gasteiger partial charge in [-0.15, -0.1) is 0 Å². The highest BCUT2D eigenvalue weighted by molar-refractivity contribution is 5.66. The van der Waals surface area contributed by atoms with Gasteiger partial charge in [0.25, 0.3) is 0 Å². The second kappa shape index (κ2) is 3.42. The average Bonchev–Trinajstić information content (AvgIpc) is 2.34. The van der Waals surface area contributed by atoms with Crippen LogP contribution in [0.4, 0.5) is 0 Å². The summed E-state index contributed by atoms with van der Waals surface area (Å²) < 4.78 is 0.825. The number of aromatic nitrogens is 4. The zero-order chi connectivity index (χ0) is 9.84. The molecule has 10 heteroatoms. The summed E-state index contributed by atoms with van der Waals surface area (Å²) in [6.45, 7) is -0.514. The van der Waals surface area contributed by atoms with E-state index in [2.05, 4.69) is 20.6 Å². The fourth-order valence-corrected chi connectivity index (χ4v) is 0.608. The minimum atomic E-state index is -1.18. The van der Waals surface area contributed by atoms with Crippen LogP contribution in [0, 0.1) is 10.1 Å². The topological polar surface area (TPSA) is 139 Å². The zero-order valence-electron chi connectivity index (χ0n) is 6.12. The number of tetrazole rings is 1. The number of carbonyl (C=O) groups is 1. The van der Waals surface area contributed by atoms with E-state index >= 15 is 0 Å². The number of nitrogens with one attached hydrogen (secondary N) is 1. The first-order valence-electron chi connectivity index (χ1n) is 2.98. The monoisotopic (exact) mass is 188 g/mol. The summed E-state index contributed by atoms with van der Waals surface area (Å²) in [5, 5.41) is 28.5. The highest BCUT2D eigenvalue weighted by atomic mass is 16.7. The lowest BCUT2D eigenvalue weighted by atomic mass is 10.7. The van der Waals surface area contributed by atoms with E-state index in [-0.39, 0.29) is 0 Å². The van der Waals surface area contributed by atoms with Crippen LogP contribution in [-0.2, 0) is 11.3 Å². The number of carboxylic acids is 1. The Kier molecular flexibility index (Phi) is 2.33. The van der Waals surface area contributed by atoms with Gasteiger partial charge < -0.3 is 5.11 Å². The Balaban J connectivity index is 3.02. The van der Waals surface area contributed by atoms with Crippen molar-refractivity contribution in [3.05, 3.63) is 15.7 Å².